The summed E-state index contributed by atoms with van der Waals surface area (Å²) in [5.41, 5.74) is 0.731. The van der Waals surface area contributed by atoms with Crippen LogP contribution in [0, 0.1) is 0 Å². The monoisotopic (exact) mass is 213 g/mol. The van der Waals surface area contributed by atoms with Crippen LogP contribution in [0.2, 0.25) is 5.02 Å². The lowest BCUT2D eigenvalue weighted by Gasteiger charge is -2.24. The molecule has 1 heterocycles. The molecule has 1 aromatic carbocycles. The van der Waals surface area contributed by atoms with E-state index < -0.39 is 12.1 Å². The SMILES string of the molecule is O=C(O)C1CNc2cc(Cl)ccc2O1. The predicted molar refractivity (Wildman–Crippen MR) is 52.0 cm³/mol. The maximum Gasteiger partial charge on any atom is 0.346 e. The lowest BCUT2D eigenvalue weighted by Crippen LogP contribution is -2.37. The van der Waals surface area contributed by atoms with E-state index in [1.54, 1.807) is 18.2 Å². The Morgan fingerprint density at radius 1 is 1.64 bits per heavy atom. The Morgan fingerprint density at radius 3 is 3.14 bits per heavy atom. The van der Waals surface area contributed by atoms with Crippen molar-refractivity contribution in [2.75, 3.05) is 11.9 Å². The van der Waals surface area contributed by atoms with Crippen molar-refractivity contribution in [1.82, 2.24) is 0 Å². The van der Waals surface area contributed by atoms with Crippen molar-refractivity contribution < 1.29 is 14.6 Å². The normalized spacial score (nSPS) is 19.1. The molecule has 0 spiro atoms. The van der Waals surface area contributed by atoms with E-state index in [0.717, 1.165) is 5.69 Å². The third-order valence-electron chi connectivity index (χ3n) is 1.96. The first-order chi connectivity index (χ1) is 6.66. The summed E-state index contributed by atoms with van der Waals surface area (Å²) in [4.78, 5) is 10.6. The molecule has 0 saturated carbocycles. The van der Waals surface area contributed by atoms with Gasteiger partial charge in [-0.25, -0.2) is 4.79 Å². The highest BCUT2D eigenvalue weighted by molar-refractivity contribution is 6.30. The van der Waals surface area contributed by atoms with Crippen molar-refractivity contribution in [3.63, 3.8) is 0 Å². The number of anilines is 1. The minimum atomic E-state index is -0.974. The second-order valence-electron chi connectivity index (χ2n) is 2.97. The fraction of sp³-hybridized carbons (Fsp3) is 0.222. The zero-order valence-corrected chi connectivity index (χ0v) is 7.91. The van der Waals surface area contributed by atoms with Crippen LogP contribution in [0.1, 0.15) is 0 Å². The van der Waals surface area contributed by atoms with Crippen LogP contribution in [0.3, 0.4) is 0 Å². The van der Waals surface area contributed by atoms with Crippen LogP contribution in [0.25, 0.3) is 0 Å². The Hall–Kier alpha value is -1.42. The molecule has 1 aliphatic rings. The Kier molecular flexibility index (Phi) is 2.21. The fourth-order valence-electron chi connectivity index (χ4n) is 1.28. The molecule has 0 fully saturated rings. The van der Waals surface area contributed by atoms with E-state index in [1.807, 2.05) is 0 Å². The largest absolute Gasteiger partial charge is 0.478 e. The Morgan fingerprint density at radius 2 is 2.43 bits per heavy atom. The van der Waals surface area contributed by atoms with Gasteiger partial charge in [-0.1, -0.05) is 11.6 Å². The number of rotatable bonds is 1. The molecule has 14 heavy (non-hydrogen) atoms. The minimum absolute atomic E-state index is 0.253. The molecular weight excluding hydrogens is 206 g/mol. The van der Waals surface area contributed by atoms with E-state index >= 15 is 0 Å². The molecule has 1 aliphatic heterocycles. The highest BCUT2D eigenvalue weighted by Crippen LogP contribution is 2.31. The van der Waals surface area contributed by atoms with Gasteiger partial charge < -0.3 is 15.2 Å². The van der Waals surface area contributed by atoms with Gasteiger partial charge in [-0.15, -0.1) is 0 Å². The highest BCUT2D eigenvalue weighted by atomic mass is 35.5. The molecule has 2 rings (SSSR count). The van der Waals surface area contributed by atoms with Gasteiger partial charge in [0.25, 0.3) is 0 Å². The van der Waals surface area contributed by atoms with Gasteiger partial charge >= 0.3 is 5.97 Å². The number of carboxylic acid groups (broad SMARTS) is 1. The van der Waals surface area contributed by atoms with E-state index in [0.29, 0.717) is 10.8 Å². The summed E-state index contributed by atoms with van der Waals surface area (Å²) in [5, 5.41) is 12.3. The smallest absolute Gasteiger partial charge is 0.346 e. The van der Waals surface area contributed by atoms with E-state index in [2.05, 4.69) is 5.32 Å². The maximum atomic E-state index is 10.6. The van der Waals surface area contributed by atoms with E-state index in [-0.39, 0.29) is 6.54 Å². The molecule has 0 aromatic heterocycles. The molecule has 0 aliphatic carbocycles. The number of carbonyl (C=O) groups is 1. The first kappa shape index (κ1) is 9.15. The van der Waals surface area contributed by atoms with Gasteiger partial charge in [0.15, 0.2) is 0 Å². The number of halogens is 1. The summed E-state index contributed by atoms with van der Waals surface area (Å²) in [6.45, 7) is 0.253. The number of nitrogens with one attached hydrogen (secondary N) is 1. The zero-order valence-electron chi connectivity index (χ0n) is 7.16. The number of carboxylic acids is 1. The molecule has 0 amide bonds. The molecule has 4 nitrogen and oxygen atoms in total. The van der Waals surface area contributed by atoms with Gasteiger partial charge in [0.05, 0.1) is 12.2 Å². The Balaban J connectivity index is 2.27. The van der Waals surface area contributed by atoms with Crippen molar-refractivity contribution in [3.8, 4) is 5.75 Å². The van der Waals surface area contributed by atoms with Gasteiger partial charge in [0, 0.05) is 5.02 Å². The van der Waals surface area contributed by atoms with Crippen molar-refractivity contribution in [1.29, 1.82) is 0 Å². The van der Waals surface area contributed by atoms with Crippen LogP contribution in [0.4, 0.5) is 5.69 Å². The third-order valence-corrected chi connectivity index (χ3v) is 2.20. The molecular formula is C9H8ClNO3. The van der Waals surface area contributed by atoms with Crippen LogP contribution >= 0.6 is 11.6 Å². The Labute approximate surface area is 85.4 Å². The van der Waals surface area contributed by atoms with Crippen molar-refractivity contribution in [2.45, 2.75) is 6.10 Å². The highest BCUT2D eigenvalue weighted by Gasteiger charge is 2.25. The summed E-state index contributed by atoms with van der Waals surface area (Å²) >= 11 is 5.76. The van der Waals surface area contributed by atoms with E-state index in [1.165, 1.54) is 0 Å². The molecule has 5 heteroatoms. The summed E-state index contributed by atoms with van der Waals surface area (Å²) in [7, 11) is 0. The number of hydrogen-bond donors (Lipinski definition) is 2. The second kappa shape index (κ2) is 3.38. The summed E-state index contributed by atoms with van der Waals surface area (Å²) in [5.74, 6) is -0.453. The van der Waals surface area contributed by atoms with Crippen LogP contribution in [0.5, 0.6) is 5.75 Å². The second-order valence-corrected chi connectivity index (χ2v) is 3.40. The van der Waals surface area contributed by atoms with Crippen molar-refractivity contribution in [3.05, 3.63) is 23.2 Å². The molecule has 0 radical (unpaired) electrons. The van der Waals surface area contributed by atoms with E-state index in [9.17, 15) is 4.79 Å². The first-order valence-corrected chi connectivity index (χ1v) is 4.47. The zero-order chi connectivity index (χ0) is 10.1. The number of benzene rings is 1. The molecule has 0 saturated heterocycles. The minimum Gasteiger partial charge on any atom is -0.478 e. The predicted octanol–water partition coefficient (Wildman–Crippen LogP) is 1.60. The summed E-state index contributed by atoms with van der Waals surface area (Å²) < 4.78 is 5.23. The molecule has 74 valence electrons. The van der Waals surface area contributed by atoms with Crippen molar-refractivity contribution in [2.24, 2.45) is 0 Å². The third kappa shape index (κ3) is 1.61. The molecule has 1 atom stereocenters. The number of hydrogen-bond acceptors (Lipinski definition) is 3. The lowest BCUT2D eigenvalue weighted by atomic mass is 10.2. The fourth-order valence-corrected chi connectivity index (χ4v) is 1.45. The van der Waals surface area contributed by atoms with E-state index in [4.69, 9.17) is 21.4 Å². The van der Waals surface area contributed by atoms with Crippen molar-refractivity contribution >= 4 is 23.3 Å². The summed E-state index contributed by atoms with van der Waals surface area (Å²) in [6.07, 6.45) is -0.830. The van der Waals surface area contributed by atoms with Gasteiger partial charge in [-0.3, -0.25) is 0 Å². The maximum absolute atomic E-state index is 10.6. The van der Waals surface area contributed by atoms with Gasteiger partial charge in [-0.2, -0.15) is 0 Å². The average Bonchev–Trinajstić information content (AvgIpc) is 2.16. The van der Waals surface area contributed by atoms with Crippen LogP contribution < -0.4 is 10.1 Å². The van der Waals surface area contributed by atoms with Crippen LogP contribution in [-0.4, -0.2) is 23.7 Å². The lowest BCUT2D eigenvalue weighted by molar-refractivity contribution is -0.144. The summed E-state index contributed by atoms with van der Waals surface area (Å²) in [6, 6.07) is 5.01. The molecule has 2 N–H and O–H groups in total. The van der Waals surface area contributed by atoms with Gasteiger partial charge in [0.1, 0.15) is 5.75 Å². The van der Waals surface area contributed by atoms with Crippen LogP contribution in [-0.2, 0) is 4.79 Å². The first-order valence-electron chi connectivity index (χ1n) is 4.10. The number of fused-ring (bicyclic) bond motifs is 1. The molecule has 1 aromatic rings. The topological polar surface area (TPSA) is 58.6 Å². The molecule has 1 unspecified atom stereocenters. The standard InChI is InChI=1S/C9H8ClNO3/c10-5-1-2-7-6(3-5)11-4-8(14-7)9(12)13/h1-3,8,11H,4H2,(H,12,13). The van der Waals surface area contributed by atoms with Gasteiger partial charge in [-0.05, 0) is 18.2 Å². The molecule has 0 bridgehead atoms. The van der Waals surface area contributed by atoms with Crippen LogP contribution in [0.15, 0.2) is 18.2 Å². The van der Waals surface area contributed by atoms with Gasteiger partial charge in [0.2, 0.25) is 6.10 Å². The quantitative estimate of drug-likeness (QED) is 0.744. The number of ether oxygens (including phenoxy) is 1. The Bertz CT molecular complexity index is 380. The average molecular weight is 214 g/mol. The number of aliphatic carboxylic acids is 1.